The fourth-order valence-electron chi connectivity index (χ4n) is 3.26. The Bertz CT molecular complexity index is 694. The highest BCUT2D eigenvalue weighted by molar-refractivity contribution is 6.58. The van der Waals surface area contributed by atoms with Crippen molar-refractivity contribution in [2.45, 2.75) is 31.7 Å². The number of likely N-dealkylation sites (tertiary alicyclic amines) is 1. The molecule has 0 radical (unpaired) electrons. The van der Waals surface area contributed by atoms with Gasteiger partial charge >= 0.3 is 7.12 Å². The van der Waals surface area contributed by atoms with Gasteiger partial charge in [-0.05, 0) is 55.4 Å². The third-order valence-corrected chi connectivity index (χ3v) is 4.53. The van der Waals surface area contributed by atoms with Crippen LogP contribution >= 0.6 is 0 Å². The molecular formula is C18H21BN2O3. The van der Waals surface area contributed by atoms with E-state index in [1.807, 2.05) is 23.1 Å². The first-order valence-electron chi connectivity index (χ1n) is 8.32. The number of benzene rings is 1. The van der Waals surface area contributed by atoms with Crippen molar-refractivity contribution in [3.8, 4) is 0 Å². The summed E-state index contributed by atoms with van der Waals surface area (Å²) in [6.45, 7) is 0.748. The summed E-state index contributed by atoms with van der Waals surface area (Å²) < 4.78 is 0. The summed E-state index contributed by atoms with van der Waals surface area (Å²) in [7, 11) is -1.56. The first kappa shape index (κ1) is 16.7. The smallest absolute Gasteiger partial charge is 0.423 e. The summed E-state index contributed by atoms with van der Waals surface area (Å²) in [5.74, 6) is -0.0407. The number of nitrogens with zero attached hydrogens (tertiary/aromatic N) is 2. The van der Waals surface area contributed by atoms with E-state index >= 15 is 0 Å². The Morgan fingerprint density at radius 1 is 1.25 bits per heavy atom. The van der Waals surface area contributed by atoms with Gasteiger partial charge in [0.2, 0.25) is 0 Å². The lowest BCUT2D eigenvalue weighted by atomic mass is 9.79. The molecule has 1 saturated heterocycles. The molecule has 1 aliphatic rings. The van der Waals surface area contributed by atoms with Gasteiger partial charge in [-0.15, -0.1) is 0 Å². The predicted molar refractivity (Wildman–Crippen MR) is 92.9 cm³/mol. The Morgan fingerprint density at radius 2 is 2.12 bits per heavy atom. The quantitative estimate of drug-likeness (QED) is 0.805. The van der Waals surface area contributed by atoms with Crippen molar-refractivity contribution < 1.29 is 14.8 Å². The first-order valence-corrected chi connectivity index (χ1v) is 8.32. The van der Waals surface area contributed by atoms with Crippen molar-refractivity contribution in [3.05, 3.63) is 59.9 Å². The number of carbonyl (C=O) groups is 1. The van der Waals surface area contributed by atoms with E-state index in [1.54, 1.807) is 30.5 Å². The van der Waals surface area contributed by atoms with E-state index in [9.17, 15) is 14.8 Å². The van der Waals surface area contributed by atoms with E-state index < -0.39 is 7.12 Å². The van der Waals surface area contributed by atoms with Crippen LogP contribution in [0.2, 0.25) is 0 Å². The first-order chi connectivity index (χ1) is 11.6. The summed E-state index contributed by atoms with van der Waals surface area (Å²) >= 11 is 0. The molecule has 6 heteroatoms. The molecule has 0 saturated carbocycles. The summed E-state index contributed by atoms with van der Waals surface area (Å²) in [5.41, 5.74) is 1.89. The predicted octanol–water partition coefficient (Wildman–Crippen LogP) is 0.999. The molecule has 2 N–H and O–H groups in total. The molecular weight excluding hydrogens is 303 g/mol. The highest BCUT2D eigenvalue weighted by Gasteiger charge is 2.29. The minimum atomic E-state index is -1.56. The minimum absolute atomic E-state index is 0.0407. The lowest BCUT2D eigenvalue weighted by Gasteiger charge is -2.25. The zero-order chi connectivity index (χ0) is 16.9. The summed E-state index contributed by atoms with van der Waals surface area (Å²) in [6.07, 6.45) is 5.54. The number of hydrogen-bond donors (Lipinski definition) is 2. The maximum Gasteiger partial charge on any atom is 0.488 e. The van der Waals surface area contributed by atoms with Crippen LogP contribution < -0.4 is 5.46 Å². The summed E-state index contributed by atoms with van der Waals surface area (Å²) in [6, 6.07) is 12.7. The van der Waals surface area contributed by atoms with Crippen LogP contribution in [0.3, 0.4) is 0 Å². The molecule has 5 nitrogen and oxygen atoms in total. The van der Waals surface area contributed by atoms with Gasteiger partial charge in [0.25, 0.3) is 5.91 Å². The number of hydrogen-bond acceptors (Lipinski definition) is 4. The Labute approximate surface area is 142 Å². The van der Waals surface area contributed by atoms with Gasteiger partial charge in [-0.1, -0.05) is 18.2 Å². The molecule has 1 atom stereocenters. The van der Waals surface area contributed by atoms with Crippen molar-refractivity contribution in [1.29, 1.82) is 0 Å². The molecule has 1 aromatic heterocycles. The topological polar surface area (TPSA) is 73.7 Å². The standard InChI is InChI=1S/C18H21BN2O3/c22-18(14-5-3-6-15(13-14)19(23)24)21-12-4-8-17(21)10-9-16-7-1-2-11-20-16/h1-3,5-7,11,13,17,23-24H,4,8-10,12H2/t17-/m0/s1. The molecule has 0 spiro atoms. The molecule has 0 unspecified atom stereocenters. The number of aromatic nitrogens is 1. The average molecular weight is 324 g/mol. The van der Waals surface area contributed by atoms with E-state index in [-0.39, 0.29) is 11.9 Å². The van der Waals surface area contributed by atoms with Crippen LogP contribution in [-0.2, 0) is 6.42 Å². The molecule has 24 heavy (non-hydrogen) atoms. The lowest BCUT2D eigenvalue weighted by Crippen LogP contribution is -2.37. The minimum Gasteiger partial charge on any atom is -0.423 e. The molecule has 1 amide bonds. The van der Waals surface area contributed by atoms with E-state index in [2.05, 4.69) is 4.98 Å². The van der Waals surface area contributed by atoms with Crippen LogP contribution in [0.1, 0.15) is 35.3 Å². The fourth-order valence-corrected chi connectivity index (χ4v) is 3.26. The van der Waals surface area contributed by atoms with E-state index in [0.29, 0.717) is 11.0 Å². The highest BCUT2D eigenvalue weighted by Crippen LogP contribution is 2.23. The van der Waals surface area contributed by atoms with Gasteiger partial charge in [0.15, 0.2) is 0 Å². The van der Waals surface area contributed by atoms with Crippen molar-refractivity contribution in [1.82, 2.24) is 9.88 Å². The third kappa shape index (κ3) is 3.83. The third-order valence-electron chi connectivity index (χ3n) is 4.53. The van der Waals surface area contributed by atoms with Crippen LogP contribution in [0.25, 0.3) is 0 Å². The molecule has 1 aliphatic heterocycles. The van der Waals surface area contributed by atoms with Gasteiger partial charge in [-0.3, -0.25) is 9.78 Å². The van der Waals surface area contributed by atoms with Gasteiger partial charge in [0, 0.05) is 30.0 Å². The van der Waals surface area contributed by atoms with Gasteiger partial charge in [-0.2, -0.15) is 0 Å². The second-order valence-corrected chi connectivity index (χ2v) is 6.15. The lowest BCUT2D eigenvalue weighted by molar-refractivity contribution is 0.0730. The van der Waals surface area contributed by atoms with E-state index in [0.717, 1.165) is 37.9 Å². The van der Waals surface area contributed by atoms with E-state index in [1.165, 1.54) is 0 Å². The number of aryl methyl sites for hydroxylation is 1. The van der Waals surface area contributed by atoms with Crippen LogP contribution in [0.4, 0.5) is 0 Å². The molecule has 124 valence electrons. The maximum absolute atomic E-state index is 12.8. The zero-order valence-electron chi connectivity index (χ0n) is 13.5. The molecule has 3 rings (SSSR count). The van der Waals surface area contributed by atoms with Crippen LogP contribution in [0.5, 0.6) is 0 Å². The van der Waals surface area contributed by atoms with Crippen LogP contribution in [0, 0.1) is 0 Å². The van der Waals surface area contributed by atoms with Crippen molar-refractivity contribution >= 4 is 18.5 Å². The molecule has 1 fully saturated rings. The second kappa shape index (κ2) is 7.60. The number of rotatable bonds is 5. The number of pyridine rings is 1. The van der Waals surface area contributed by atoms with Gasteiger partial charge < -0.3 is 14.9 Å². The van der Waals surface area contributed by atoms with Crippen LogP contribution in [-0.4, -0.2) is 45.5 Å². The average Bonchev–Trinajstić information content (AvgIpc) is 3.09. The van der Waals surface area contributed by atoms with Gasteiger partial charge in [0.05, 0.1) is 0 Å². The normalized spacial score (nSPS) is 17.1. The van der Waals surface area contributed by atoms with Crippen LogP contribution in [0.15, 0.2) is 48.7 Å². The summed E-state index contributed by atoms with van der Waals surface area (Å²) in [4.78, 5) is 19.0. The Morgan fingerprint density at radius 3 is 2.88 bits per heavy atom. The summed E-state index contributed by atoms with van der Waals surface area (Å²) in [5, 5.41) is 18.6. The second-order valence-electron chi connectivity index (χ2n) is 6.15. The maximum atomic E-state index is 12.8. The van der Waals surface area contributed by atoms with Gasteiger partial charge in [0.1, 0.15) is 0 Å². The molecule has 2 heterocycles. The van der Waals surface area contributed by atoms with Crippen molar-refractivity contribution in [2.24, 2.45) is 0 Å². The van der Waals surface area contributed by atoms with E-state index in [4.69, 9.17) is 0 Å². The Balaban J connectivity index is 1.68. The molecule has 0 bridgehead atoms. The monoisotopic (exact) mass is 324 g/mol. The highest BCUT2D eigenvalue weighted by atomic mass is 16.4. The fraction of sp³-hybridized carbons (Fsp3) is 0.333. The number of amides is 1. The largest absolute Gasteiger partial charge is 0.488 e. The SMILES string of the molecule is O=C(c1cccc(B(O)O)c1)N1CCC[C@H]1CCc1ccccn1. The van der Waals surface area contributed by atoms with Crippen molar-refractivity contribution in [3.63, 3.8) is 0 Å². The molecule has 1 aromatic carbocycles. The Hall–Kier alpha value is -2.18. The molecule has 0 aliphatic carbocycles. The Kier molecular flexibility index (Phi) is 5.28. The van der Waals surface area contributed by atoms with Crippen molar-refractivity contribution in [2.75, 3.05) is 6.54 Å². The zero-order valence-corrected chi connectivity index (χ0v) is 13.5. The van der Waals surface area contributed by atoms with Gasteiger partial charge in [-0.25, -0.2) is 0 Å². The number of carbonyl (C=O) groups excluding carboxylic acids is 1. The molecule has 2 aromatic rings.